The van der Waals surface area contributed by atoms with E-state index in [-0.39, 0.29) is 18.7 Å². The molecule has 1 atom stereocenters. The highest BCUT2D eigenvalue weighted by Gasteiger charge is 2.26. The van der Waals surface area contributed by atoms with Gasteiger partial charge in [0.2, 0.25) is 5.91 Å². The standard InChI is InChI=1S/C15H16N2O5S/c18-13(17-2-4-22-12(7-17)6-14(19)20)5-11-9-23-15(16-11)10-1-3-21-8-10/h1,3,8-9,12H,2,4-7H2,(H,19,20). The van der Waals surface area contributed by atoms with Crippen LogP contribution >= 0.6 is 11.3 Å². The molecule has 3 rings (SSSR count). The van der Waals surface area contributed by atoms with E-state index >= 15 is 0 Å². The molecular weight excluding hydrogens is 320 g/mol. The Morgan fingerprint density at radius 3 is 3.09 bits per heavy atom. The molecule has 3 heterocycles. The van der Waals surface area contributed by atoms with Gasteiger partial charge in [-0.3, -0.25) is 9.59 Å². The minimum absolute atomic E-state index is 0.0623. The number of carboxylic acid groups (broad SMARTS) is 1. The molecule has 1 N–H and O–H groups in total. The van der Waals surface area contributed by atoms with Crippen LogP contribution in [0.3, 0.4) is 0 Å². The Labute approximate surface area is 136 Å². The van der Waals surface area contributed by atoms with Gasteiger partial charge in [0.15, 0.2) is 0 Å². The number of morpholine rings is 1. The van der Waals surface area contributed by atoms with Crippen LogP contribution in [0.15, 0.2) is 28.4 Å². The van der Waals surface area contributed by atoms with Gasteiger partial charge in [0.1, 0.15) is 11.3 Å². The zero-order chi connectivity index (χ0) is 16.2. The summed E-state index contributed by atoms with van der Waals surface area (Å²) in [6.07, 6.45) is 2.86. The largest absolute Gasteiger partial charge is 0.481 e. The summed E-state index contributed by atoms with van der Waals surface area (Å²) in [5, 5.41) is 11.5. The molecule has 0 radical (unpaired) electrons. The van der Waals surface area contributed by atoms with Gasteiger partial charge in [-0.05, 0) is 6.07 Å². The molecule has 1 unspecified atom stereocenters. The van der Waals surface area contributed by atoms with Gasteiger partial charge in [-0.15, -0.1) is 11.3 Å². The summed E-state index contributed by atoms with van der Waals surface area (Å²) >= 11 is 1.46. The fourth-order valence-electron chi connectivity index (χ4n) is 2.44. The molecule has 1 aliphatic rings. The minimum Gasteiger partial charge on any atom is -0.481 e. The molecule has 0 aliphatic carbocycles. The molecule has 7 nitrogen and oxygen atoms in total. The van der Waals surface area contributed by atoms with Crippen molar-refractivity contribution in [2.45, 2.75) is 18.9 Å². The second-order valence-corrected chi connectivity index (χ2v) is 6.12. The molecule has 1 amide bonds. The molecule has 0 aromatic carbocycles. The van der Waals surface area contributed by atoms with E-state index in [1.165, 1.54) is 11.3 Å². The third kappa shape index (κ3) is 3.96. The molecule has 1 fully saturated rings. The summed E-state index contributed by atoms with van der Waals surface area (Å²) in [5.41, 5.74) is 1.60. The van der Waals surface area contributed by atoms with Crippen molar-refractivity contribution in [1.82, 2.24) is 9.88 Å². The number of nitrogens with zero attached hydrogens (tertiary/aromatic N) is 2. The SMILES string of the molecule is O=C(O)CC1CN(C(=O)Cc2csc(-c3ccoc3)n2)CCO1. The van der Waals surface area contributed by atoms with Crippen molar-refractivity contribution in [2.75, 3.05) is 19.7 Å². The summed E-state index contributed by atoms with van der Waals surface area (Å²) in [6, 6.07) is 1.82. The Bertz CT molecular complexity index is 682. The van der Waals surface area contributed by atoms with E-state index in [4.69, 9.17) is 14.3 Å². The van der Waals surface area contributed by atoms with E-state index in [1.807, 2.05) is 11.4 Å². The lowest BCUT2D eigenvalue weighted by molar-refractivity contribution is -0.147. The highest BCUT2D eigenvalue weighted by molar-refractivity contribution is 7.13. The first-order chi connectivity index (χ1) is 11.1. The van der Waals surface area contributed by atoms with Gasteiger partial charge in [-0.25, -0.2) is 4.98 Å². The highest BCUT2D eigenvalue weighted by Crippen LogP contribution is 2.24. The van der Waals surface area contributed by atoms with E-state index in [2.05, 4.69) is 4.98 Å². The number of hydrogen-bond donors (Lipinski definition) is 1. The van der Waals surface area contributed by atoms with Crippen LogP contribution < -0.4 is 0 Å². The Balaban J connectivity index is 1.59. The molecule has 2 aromatic rings. The van der Waals surface area contributed by atoms with Crippen molar-refractivity contribution in [3.8, 4) is 10.6 Å². The molecule has 2 aromatic heterocycles. The summed E-state index contributed by atoms with van der Waals surface area (Å²) in [7, 11) is 0. The molecule has 0 bridgehead atoms. The van der Waals surface area contributed by atoms with Crippen LogP contribution in [-0.4, -0.2) is 52.7 Å². The van der Waals surface area contributed by atoms with E-state index < -0.39 is 12.1 Å². The number of carbonyl (C=O) groups is 2. The normalized spacial score (nSPS) is 18.1. The van der Waals surface area contributed by atoms with E-state index in [9.17, 15) is 9.59 Å². The van der Waals surface area contributed by atoms with Crippen molar-refractivity contribution >= 4 is 23.2 Å². The zero-order valence-electron chi connectivity index (χ0n) is 12.3. The van der Waals surface area contributed by atoms with Crippen LogP contribution in [0.5, 0.6) is 0 Å². The number of ether oxygens (including phenoxy) is 1. The third-order valence-electron chi connectivity index (χ3n) is 3.55. The first-order valence-electron chi connectivity index (χ1n) is 7.20. The number of thiazole rings is 1. The Kier molecular flexibility index (Phi) is 4.73. The summed E-state index contributed by atoms with van der Waals surface area (Å²) in [4.78, 5) is 29.2. The summed E-state index contributed by atoms with van der Waals surface area (Å²) in [6.45, 7) is 1.15. The topological polar surface area (TPSA) is 92.9 Å². The number of rotatable bonds is 5. The average Bonchev–Trinajstić information content (AvgIpc) is 3.17. The number of furan rings is 1. The maximum absolute atomic E-state index is 12.4. The molecule has 0 spiro atoms. The molecule has 23 heavy (non-hydrogen) atoms. The van der Waals surface area contributed by atoms with Gasteiger partial charge < -0.3 is 19.2 Å². The van der Waals surface area contributed by atoms with Gasteiger partial charge in [0.05, 0.1) is 37.5 Å². The average molecular weight is 336 g/mol. The molecule has 0 saturated carbocycles. The Hall–Kier alpha value is -2.19. The summed E-state index contributed by atoms with van der Waals surface area (Å²) < 4.78 is 10.4. The lowest BCUT2D eigenvalue weighted by atomic mass is 10.2. The molecule has 1 aliphatic heterocycles. The first-order valence-corrected chi connectivity index (χ1v) is 8.08. The Morgan fingerprint density at radius 1 is 1.48 bits per heavy atom. The van der Waals surface area contributed by atoms with Crippen molar-refractivity contribution in [3.63, 3.8) is 0 Å². The van der Waals surface area contributed by atoms with Crippen LogP contribution in [0.2, 0.25) is 0 Å². The van der Waals surface area contributed by atoms with Crippen molar-refractivity contribution in [1.29, 1.82) is 0 Å². The highest BCUT2D eigenvalue weighted by atomic mass is 32.1. The molecule has 1 saturated heterocycles. The maximum atomic E-state index is 12.4. The van der Waals surface area contributed by atoms with Gasteiger partial charge in [0, 0.05) is 24.0 Å². The zero-order valence-corrected chi connectivity index (χ0v) is 13.1. The quantitative estimate of drug-likeness (QED) is 0.892. The van der Waals surface area contributed by atoms with E-state index in [0.29, 0.717) is 25.4 Å². The summed E-state index contributed by atoms with van der Waals surface area (Å²) in [5.74, 6) is -0.985. The predicted octanol–water partition coefficient (Wildman–Crippen LogP) is 1.65. The molecule has 122 valence electrons. The fourth-order valence-corrected chi connectivity index (χ4v) is 3.24. The Morgan fingerprint density at radius 2 is 2.35 bits per heavy atom. The fraction of sp³-hybridized carbons (Fsp3) is 0.400. The second kappa shape index (κ2) is 6.93. The van der Waals surface area contributed by atoms with Gasteiger partial charge in [-0.2, -0.15) is 0 Å². The van der Waals surface area contributed by atoms with E-state index in [0.717, 1.165) is 10.6 Å². The number of amides is 1. The number of carbonyl (C=O) groups excluding carboxylic acids is 1. The van der Waals surface area contributed by atoms with Crippen LogP contribution in [0.4, 0.5) is 0 Å². The van der Waals surface area contributed by atoms with Gasteiger partial charge in [-0.1, -0.05) is 0 Å². The van der Waals surface area contributed by atoms with E-state index in [1.54, 1.807) is 17.4 Å². The van der Waals surface area contributed by atoms with Crippen molar-refractivity contribution in [2.24, 2.45) is 0 Å². The molecular formula is C15H16N2O5S. The lowest BCUT2D eigenvalue weighted by Gasteiger charge is -2.32. The van der Waals surface area contributed by atoms with Gasteiger partial charge >= 0.3 is 5.97 Å². The van der Waals surface area contributed by atoms with Crippen LogP contribution in [0, 0.1) is 0 Å². The second-order valence-electron chi connectivity index (χ2n) is 5.26. The molecule has 8 heteroatoms. The smallest absolute Gasteiger partial charge is 0.306 e. The third-order valence-corrected chi connectivity index (χ3v) is 4.49. The predicted molar refractivity (Wildman–Crippen MR) is 82.1 cm³/mol. The number of hydrogen-bond acceptors (Lipinski definition) is 6. The van der Waals surface area contributed by atoms with Crippen LogP contribution in [0.1, 0.15) is 12.1 Å². The monoisotopic (exact) mass is 336 g/mol. The maximum Gasteiger partial charge on any atom is 0.306 e. The van der Waals surface area contributed by atoms with Gasteiger partial charge in [0.25, 0.3) is 0 Å². The van der Waals surface area contributed by atoms with Crippen LogP contribution in [-0.2, 0) is 20.7 Å². The number of aromatic nitrogens is 1. The van der Waals surface area contributed by atoms with Crippen LogP contribution in [0.25, 0.3) is 10.6 Å². The first kappa shape index (κ1) is 15.7. The number of carboxylic acids is 1. The number of aliphatic carboxylic acids is 1. The lowest BCUT2D eigenvalue weighted by Crippen LogP contribution is -2.46. The van der Waals surface area contributed by atoms with Crippen molar-refractivity contribution in [3.05, 3.63) is 29.7 Å². The minimum atomic E-state index is -0.923. The van der Waals surface area contributed by atoms with Crippen molar-refractivity contribution < 1.29 is 23.8 Å².